The molecular weight excluding hydrogens is 452 g/mol. The molecule has 1 amide bonds. The van der Waals surface area contributed by atoms with Gasteiger partial charge in [0.25, 0.3) is 10.0 Å². The maximum absolute atomic E-state index is 13.5. The van der Waals surface area contributed by atoms with Crippen molar-refractivity contribution in [3.63, 3.8) is 0 Å². The summed E-state index contributed by atoms with van der Waals surface area (Å²) in [5.41, 5.74) is 1.86. The second kappa shape index (κ2) is 11.4. The third-order valence-electron chi connectivity index (χ3n) is 4.82. The van der Waals surface area contributed by atoms with Crippen LogP contribution in [0, 0.1) is 6.92 Å². The zero-order valence-corrected chi connectivity index (χ0v) is 20.0. The van der Waals surface area contributed by atoms with Gasteiger partial charge in [-0.3, -0.25) is 9.10 Å². The fraction of sp³-hybridized carbons (Fsp3) is 0.192. The standard InChI is InChI=1S/C26H28N2O5S/c1-4-17-33-24-8-6-7-21(18-24)27-26(29)19-28(22-11-9-20(3)10-12-22)34(30,31)25-15-13-23(14-16-25)32-5-2/h4,6-16,18H,1,5,17,19H2,2-3H3,(H,27,29). The van der Waals surface area contributed by atoms with Crippen LogP contribution in [-0.2, 0) is 14.8 Å². The van der Waals surface area contributed by atoms with Gasteiger partial charge in [-0.05, 0) is 62.4 Å². The number of amides is 1. The highest BCUT2D eigenvalue weighted by molar-refractivity contribution is 7.92. The van der Waals surface area contributed by atoms with Gasteiger partial charge in [-0.25, -0.2) is 8.42 Å². The minimum atomic E-state index is -4.03. The van der Waals surface area contributed by atoms with E-state index in [1.807, 2.05) is 13.8 Å². The number of carbonyl (C=O) groups is 1. The molecule has 0 spiro atoms. The van der Waals surface area contributed by atoms with E-state index in [1.165, 1.54) is 12.1 Å². The van der Waals surface area contributed by atoms with Gasteiger partial charge in [0.15, 0.2) is 0 Å². The van der Waals surface area contributed by atoms with Gasteiger partial charge in [0.2, 0.25) is 5.91 Å². The third kappa shape index (κ3) is 6.39. The quantitative estimate of drug-likeness (QED) is 0.399. The average molecular weight is 481 g/mol. The van der Waals surface area contributed by atoms with Gasteiger partial charge in [-0.15, -0.1) is 0 Å². The summed E-state index contributed by atoms with van der Waals surface area (Å²) in [6.07, 6.45) is 1.62. The Morgan fingerprint density at radius 1 is 1.00 bits per heavy atom. The molecule has 0 bridgehead atoms. The van der Waals surface area contributed by atoms with Crippen LogP contribution in [-0.4, -0.2) is 34.1 Å². The molecule has 0 unspecified atom stereocenters. The number of carbonyl (C=O) groups excluding carboxylic acids is 1. The Bertz CT molecular complexity index is 1220. The van der Waals surface area contributed by atoms with Crippen LogP contribution in [0.1, 0.15) is 12.5 Å². The fourth-order valence-electron chi connectivity index (χ4n) is 3.18. The summed E-state index contributed by atoms with van der Waals surface area (Å²) in [5.74, 6) is 0.644. The average Bonchev–Trinajstić information content (AvgIpc) is 2.83. The Balaban J connectivity index is 1.87. The maximum Gasteiger partial charge on any atom is 0.264 e. The summed E-state index contributed by atoms with van der Waals surface area (Å²) in [4.78, 5) is 13.0. The molecule has 34 heavy (non-hydrogen) atoms. The predicted molar refractivity (Wildman–Crippen MR) is 134 cm³/mol. The van der Waals surface area contributed by atoms with Crippen LogP contribution < -0.4 is 19.1 Å². The molecule has 0 atom stereocenters. The summed E-state index contributed by atoms with van der Waals surface area (Å²) in [6, 6.07) is 20.0. The van der Waals surface area contributed by atoms with E-state index < -0.39 is 22.5 Å². The molecule has 0 aliphatic rings. The number of benzene rings is 3. The van der Waals surface area contributed by atoms with Gasteiger partial charge >= 0.3 is 0 Å². The molecule has 178 valence electrons. The Hall–Kier alpha value is -3.78. The first-order chi connectivity index (χ1) is 16.3. The monoisotopic (exact) mass is 480 g/mol. The van der Waals surface area contributed by atoms with Crippen LogP contribution in [0.5, 0.6) is 11.5 Å². The van der Waals surface area contributed by atoms with E-state index in [0.29, 0.717) is 36.1 Å². The summed E-state index contributed by atoms with van der Waals surface area (Å²) in [7, 11) is -4.03. The van der Waals surface area contributed by atoms with Crippen molar-refractivity contribution in [1.29, 1.82) is 0 Å². The number of ether oxygens (including phenoxy) is 2. The zero-order chi connectivity index (χ0) is 24.6. The highest BCUT2D eigenvalue weighted by Gasteiger charge is 2.27. The van der Waals surface area contributed by atoms with Gasteiger partial charge in [0.05, 0.1) is 17.2 Å². The Morgan fingerprint density at radius 3 is 2.35 bits per heavy atom. The number of nitrogens with zero attached hydrogens (tertiary/aromatic N) is 1. The van der Waals surface area contributed by atoms with Gasteiger partial charge in [0.1, 0.15) is 24.7 Å². The molecule has 0 saturated carbocycles. The minimum Gasteiger partial charge on any atom is -0.494 e. The zero-order valence-electron chi connectivity index (χ0n) is 19.2. The second-order valence-electron chi connectivity index (χ2n) is 7.43. The van der Waals surface area contributed by atoms with Crippen LogP contribution in [0.25, 0.3) is 0 Å². The summed E-state index contributed by atoms with van der Waals surface area (Å²) < 4.78 is 39.0. The van der Waals surface area contributed by atoms with Crippen molar-refractivity contribution < 1.29 is 22.7 Å². The number of sulfonamides is 1. The smallest absolute Gasteiger partial charge is 0.264 e. The molecule has 0 fully saturated rings. The normalized spacial score (nSPS) is 10.9. The van der Waals surface area contributed by atoms with Crippen LogP contribution in [0.3, 0.4) is 0 Å². The predicted octanol–water partition coefficient (Wildman–Crippen LogP) is 4.79. The number of rotatable bonds is 11. The van der Waals surface area contributed by atoms with Gasteiger partial charge in [-0.1, -0.05) is 36.4 Å². The lowest BCUT2D eigenvalue weighted by Gasteiger charge is -2.24. The Labute approximate surface area is 200 Å². The molecule has 1 N–H and O–H groups in total. The number of anilines is 2. The first-order valence-corrected chi connectivity index (χ1v) is 12.2. The molecule has 0 aliphatic heterocycles. The van der Waals surface area contributed by atoms with Crippen LogP contribution >= 0.6 is 0 Å². The molecule has 0 aliphatic carbocycles. The third-order valence-corrected chi connectivity index (χ3v) is 6.61. The molecule has 0 radical (unpaired) electrons. The van der Waals surface area contributed by atoms with Gasteiger partial charge < -0.3 is 14.8 Å². The van der Waals surface area contributed by atoms with Crippen LogP contribution in [0.2, 0.25) is 0 Å². The molecule has 0 heterocycles. The van der Waals surface area contributed by atoms with Crippen molar-refractivity contribution in [2.75, 3.05) is 29.4 Å². The van der Waals surface area contributed by atoms with Crippen LogP contribution in [0.4, 0.5) is 11.4 Å². The lowest BCUT2D eigenvalue weighted by atomic mass is 10.2. The number of aryl methyl sites for hydroxylation is 1. The molecule has 0 aromatic heterocycles. The molecule has 3 aromatic rings. The SMILES string of the molecule is C=CCOc1cccc(NC(=O)CN(c2ccc(C)cc2)S(=O)(=O)c2ccc(OCC)cc2)c1. The topological polar surface area (TPSA) is 84.9 Å². The largest absolute Gasteiger partial charge is 0.494 e. The fourth-order valence-corrected chi connectivity index (χ4v) is 4.60. The lowest BCUT2D eigenvalue weighted by Crippen LogP contribution is -2.38. The van der Waals surface area contributed by atoms with Crippen molar-refractivity contribution in [3.8, 4) is 11.5 Å². The molecule has 3 aromatic carbocycles. The van der Waals surface area contributed by atoms with E-state index in [-0.39, 0.29) is 4.90 Å². The van der Waals surface area contributed by atoms with Crippen molar-refractivity contribution in [2.24, 2.45) is 0 Å². The first-order valence-electron chi connectivity index (χ1n) is 10.8. The Morgan fingerprint density at radius 2 is 1.71 bits per heavy atom. The highest BCUT2D eigenvalue weighted by atomic mass is 32.2. The van der Waals surface area contributed by atoms with E-state index in [9.17, 15) is 13.2 Å². The van der Waals surface area contributed by atoms with Gasteiger partial charge in [-0.2, -0.15) is 0 Å². The van der Waals surface area contributed by atoms with E-state index in [0.717, 1.165) is 9.87 Å². The number of hydrogen-bond acceptors (Lipinski definition) is 5. The number of hydrogen-bond donors (Lipinski definition) is 1. The molecule has 0 saturated heterocycles. The minimum absolute atomic E-state index is 0.0594. The maximum atomic E-state index is 13.5. The van der Waals surface area contributed by atoms with E-state index in [2.05, 4.69) is 11.9 Å². The van der Waals surface area contributed by atoms with Crippen LogP contribution in [0.15, 0.2) is 90.3 Å². The highest BCUT2D eigenvalue weighted by Crippen LogP contribution is 2.26. The second-order valence-corrected chi connectivity index (χ2v) is 9.29. The Kier molecular flexibility index (Phi) is 8.32. The van der Waals surface area contributed by atoms with E-state index >= 15 is 0 Å². The molecular formula is C26H28N2O5S. The molecule has 8 heteroatoms. The van der Waals surface area contributed by atoms with Crippen molar-refractivity contribution >= 4 is 27.3 Å². The summed E-state index contributed by atoms with van der Waals surface area (Å²) >= 11 is 0. The molecule has 3 rings (SSSR count). The number of nitrogens with one attached hydrogen (secondary N) is 1. The van der Waals surface area contributed by atoms with Crippen molar-refractivity contribution in [2.45, 2.75) is 18.7 Å². The molecule has 7 nitrogen and oxygen atoms in total. The van der Waals surface area contributed by atoms with E-state index in [1.54, 1.807) is 66.7 Å². The summed E-state index contributed by atoms with van der Waals surface area (Å²) in [5, 5.41) is 2.75. The van der Waals surface area contributed by atoms with Crippen molar-refractivity contribution in [1.82, 2.24) is 0 Å². The van der Waals surface area contributed by atoms with Gasteiger partial charge in [0, 0.05) is 11.8 Å². The van der Waals surface area contributed by atoms with E-state index in [4.69, 9.17) is 9.47 Å². The lowest BCUT2D eigenvalue weighted by molar-refractivity contribution is -0.114. The summed E-state index contributed by atoms with van der Waals surface area (Å²) in [6.45, 7) is 7.77. The first kappa shape index (κ1) is 24.9. The van der Waals surface area contributed by atoms with Crippen molar-refractivity contribution in [3.05, 3.63) is 91.0 Å².